The van der Waals surface area contributed by atoms with Crippen molar-refractivity contribution in [3.8, 4) is 0 Å². The topological polar surface area (TPSA) is 70.6 Å². The van der Waals surface area contributed by atoms with Crippen molar-refractivity contribution in [2.24, 2.45) is 10.7 Å². The first-order valence-electron chi connectivity index (χ1n) is 7.83. The van der Waals surface area contributed by atoms with E-state index in [4.69, 9.17) is 5.73 Å². The molecule has 0 saturated carbocycles. The third-order valence-corrected chi connectivity index (χ3v) is 3.78. The van der Waals surface area contributed by atoms with Gasteiger partial charge in [0.05, 0.1) is 6.54 Å². The van der Waals surface area contributed by atoms with E-state index in [0.717, 1.165) is 11.3 Å². The number of hydrogen-bond donors (Lipinski definition) is 3. The number of nitrogens with two attached hydrogens (primary N) is 1. The van der Waals surface area contributed by atoms with E-state index < -0.39 is 5.60 Å². The minimum atomic E-state index is -1.05. The molecule has 0 fully saturated rings. The van der Waals surface area contributed by atoms with Crippen LogP contribution in [0.1, 0.15) is 37.8 Å². The maximum atomic E-state index is 10.5. The Balaban J connectivity index is 2.04. The van der Waals surface area contributed by atoms with Crippen LogP contribution < -0.4 is 11.1 Å². The molecule has 0 radical (unpaired) electrons. The summed E-state index contributed by atoms with van der Waals surface area (Å²) in [5.74, 6) is 0.746. The number of aliphatic hydroxyl groups is 1. The molecule has 4 heteroatoms. The lowest BCUT2D eigenvalue weighted by Crippen LogP contribution is -2.29. The molecule has 0 spiro atoms. The smallest absolute Gasteiger partial charge is 0.193 e. The fraction of sp³-hybridized carbons (Fsp3) is 0.316. The average molecular weight is 311 g/mol. The largest absolute Gasteiger partial charge is 0.384 e. The Morgan fingerprint density at radius 3 is 2.52 bits per heavy atom. The standard InChI is InChI=1S/C19H25N3O/c1-14(2)15-8-7-11-17(12-15)22-18(20)21-13-19(3,23)16-9-5-4-6-10-16/h4-12,14,23H,13H2,1-3H3,(H3,20,21,22). The quantitative estimate of drug-likeness (QED) is 0.585. The van der Waals surface area contributed by atoms with E-state index in [9.17, 15) is 5.11 Å². The van der Waals surface area contributed by atoms with Crippen molar-refractivity contribution in [1.29, 1.82) is 0 Å². The first-order chi connectivity index (χ1) is 10.9. The van der Waals surface area contributed by atoms with Crippen molar-refractivity contribution in [3.05, 3.63) is 65.7 Å². The van der Waals surface area contributed by atoms with Crippen molar-refractivity contribution in [2.75, 3.05) is 11.9 Å². The highest BCUT2D eigenvalue weighted by Crippen LogP contribution is 2.21. The second-order valence-corrected chi connectivity index (χ2v) is 6.25. The van der Waals surface area contributed by atoms with Crippen molar-refractivity contribution in [2.45, 2.75) is 32.3 Å². The lowest BCUT2D eigenvalue weighted by molar-refractivity contribution is 0.0674. The van der Waals surface area contributed by atoms with Gasteiger partial charge in [0.1, 0.15) is 5.60 Å². The van der Waals surface area contributed by atoms with Crippen LogP contribution in [0.2, 0.25) is 0 Å². The third kappa shape index (κ3) is 4.83. The summed E-state index contributed by atoms with van der Waals surface area (Å²) >= 11 is 0. The predicted molar refractivity (Wildman–Crippen MR) is 96.7 cm³/mol. The number of nitrogens with one attached hydrogen (secondary N) is 1. The number of hydrogen-bond acceptors (Lipinski definition) is 2. The highest BCUT2D eigenvalue weighted by Gasteiger charge is 2.22. The highest BCUT2D eigenvalue weighted by atomic mass is 16.3. The van der Waals surface area contributed by atoms with Gasteiger partial charge in [0, 0.05) is 5.69 Å². The lowest BCUT2D eigenvalue weighted by atomic mass is 9.96. The van der Waals surface area contributed by atoms with Gasteiger partial charge in [-0.3, -0.25) is 0 Å². The van der Waals surface area contributed by atoms with Crippen molar-refractivity contribution in [3.63, 3.8) is 0 Å². The zero-order valence-corrected chi connectivity index (χ0v) is 14.0. The van der Waals surface area contributed by atoms with Gasteiger partial charge in [-0.1, -0.05) is 56.3 Å². The summed E-state index contributed by atoms with van der Waals surface area (Å²) in [6, 6.07) is 17.6. The highest BCUT2D eigenvalue weighted by molar-refractivity contribution is 5.92. The molecule has 2 aromatic carbocycles. The Bertz CT molecular complexity index is 663. The third-order valence-electron chi connectivity index (χ3n) is 3.78. The molecule has 23 heavy (non-hydrogen) atoms. The lowest BCUT2D eigenvalue weighted by Gasteiger charge is -2.21. The minimum absolute atomic E-state index is 0.194. The molecule has 2 aromatic rings. The zero-order valence-electron chi connectivity index (χ0n) is 14.0. The first-order valence-corrected chi connectivity index (χ1v) is 7.83. The molecule has 4 N–H and O–H groups in total. The van der Waals surface area contributed by atoms with Crippen LogP contribution in [-0.2, 0) is 5.60 Å². The summed E-state index contributed by atoms with van der Waals surface area (Å²) in [6.45, 7) is 6.22. The van der Waals surface area contributed by atoms with Crippen LogP contribution in [0.4, 0.5) is 5.69 Å². The Morgan fingerprint density at radius 2 is 1.87 bits per heavy atom. The molecule has 0 aliphatic rings. The first kappa shape index (κ1) is 17.0. The van der Waals surface area contributed by atoms with E-state index in [0.29, 0.717) is 11.9 Å². The van der Waals surface area contributed by atoms with E-state index in [1.54, 1.807) is 6.92 Å². The Kier molecular flexibility index (Phi) is 5.40. The van der Waals surface area contributed by atoms with Gasteiger partial charge >= 0.3 is 0 Å². The molecule has 2 rings (SSSR count). The summed E-state index contributed by atoms with van der Waals surface area (Å²) < 4.78 is 0. The second-order valence-electron chi connectivity index (χ2n) is 6.25. The van der Waals surface area contributed by atoms with Crippen LogP contribution in [0.3, 0.4) is 0 Å². The van der Waals surface area contributed by atoms with Crippen molar-refractivity contribution < 1.29 is 5.11 Å². The Morgan fingerprint density at radius 1 is 1.17 bits per heavy atom. The molecule has 1 atom stereocenters. The predicted octanol–water partition coefficient (Wildman–Crippen LogP) is 3.44. The van der Waals surface area contributed by atoms with Crippen LogP contribution in [-0.4, -0.2) is 17.6 Å². The molecule has 0 bridgehead atoms. The van der Waals surface area contributed by atoms with Gasteiger partial charge in [-0.2, -0.15) is 0 Å². The molecule has 0 aromatic heterocycles. The Labute approximate surface area is 138 Å². The maximum Gasteiger partial charge on any atom is 0.193 e. The molecule has 1 unspecified atom stereocenters. The van der Waals surface area contributed by atoms with Gasteiger partial charge in [-0.15, -0.1) is 0 Å². The number of aliphatic imine (C=N–C) groups is 1. The molecule has 122 valence electrons. The van der Waals surface area contributed by atoms with Gasteiger partial charge in [-0.05, 0) is 36.1 Å². The van der Waals surface area contributed by atoms with Crippen LogP contribution in [0.5, 0.6) is 0 Å². The van der Waals surface area contributed by atoms with Gasteiger partial charge in [0.15, 0.2) is 5.96 Å². The van der Waals surface area contributed by atoms with Crippen molar-refractivity contribution in [1.82, 2.24) is 0 Å². The minimum Gasteiger partial charge on any atom is -0.384 e. The second kappa shape index (κ2) is 7.29. The molecular weight excluding hydrogens is 286 g/mol. The fourth-order valence-corrected chi connectivity index (χ4v) is 2.29. The Hall–Kier alpha value is -2.33. The molecule has 0 amide bonds. The molecule has 0 heterocycles. The average Bonchev–Trinajstić information content (AvgIpc) is 2.54. The van der Waals surface area contributed by atoms with Gasteiger partial charge < -0.3 is 16.2 Å². The molecular formula is C19H25N3O. The number of rotatable bonds is 5. The zero-order chi connectivity index (χ0) is 16.9. The maximum absolute atomic E-state index is 10.5. The van der Waals surface area contributed by atoms with E-state index >= 15 is 0 Å². The van der Waals surface area contributed by atoms with Gasteiger partial charge in [0.25, 0.3) is 0 Å². The van der Waals surface area contributed by atoms with E-state index in [1.807, 2.05) is 42.5 Å². The van der Waals surface area contributed by atoms with Crippen molar-refractivity contribution >= 4 is 11.6 Å². The molecule has 0 aliphatic carbocycles. The molecule has 0 saturated heterocycles. The normalized spacial score (nSPS) is 14.6. The molecule has 4 nitrogen and oxygen atoms in total. The SMILES string of the molecule is CC(C)c1cccc(NC(N)=NCC(C)(O)c2ccccc2)c1. The number of benzene rings is 2. The monoisotopic (exact) mass is 311 g/mol. The fourth-order valence-electron chi connectivity index (χ4n) is 2.29. The summed E-state index contributed by atoms with van der Waals surface area (Å²) in [5, 5.41) is 13.6. The van der Waals surface area contributed by atoms with E-state index in [1.165, 1.54) is 5.56 Å². The summed E-state index contributed by atoms with van der Waals surface area (Å²) in [5.41, 5.74) is 7.85. The van der Waals surface area contributed by atoms with E-state index in [-0.39, 0.29) is 6.54 Å². The van der Waals surface area contributed by atoms with Crippen LogP contribution in [0, 0.1) is 0 Å². The molecule has 0 aliphatic heterocycles. The van der Waals surface area contributed by atoms with E-state index in [2.05, 4.69) is 36.3 Å². The van der Waals surface area contributed by atoms with Crippen LogP contribution in [0.15, 0.2) is 59.6 Å². The van der Waals surface area contributed by atoms with Crippen LogP contribution in [0.25, 0.3) is 0 Å². The number of guanidine groups is 1. The summed E-state index contributed by atoms with van der Waals surface area (Å²) in [4.78, 5) is 4.28. The number of anilines is 1. The van der Waals surface area contributed by atoms with Crippen LogP contribution >= 0.6 is 0 Å². The van der Waals surface area contributed by atoms with Gasteiger partial charge in [-0.25, -0.2) is 4.99 Å². The summed E-state index contributed by atoms with van der Waals surface area (Å²) in [6.07, 6.45) is 0. The number of nitrogens with zero attached hydrogens (tertiary/aromatic N) is 1. The van der Waals surface area contributed by atoms with Gasteiger partial charge in [0.2, 0.25) is 0 Å². The summed E-state index contributed by atoms with van der Waals surface area (Å²) in [7, 11) is 0.